The summed E-state index contributed by atoms with van der Waals surface area (Å²) in [6.07, 6.45) is 1.76. The molecule has 1 aliphatic heterocycles. The van der Waals surface area contributed by atoms with E-state index in [9.17, 15) is 12.8 Å². The average Bonchev–Trinajstić information content (AvgIpc) is 2.41. The molecule has 4 nitrogen and oxygen atoms in total. The third-order valence-electron chi connectivity index (χ3n) is 3.83. The number of rotatable bonds is 3. The molecule has 6 heteroatoms. The number of sulfonamides is 1. The highest BCUT2D eigenvalue weighted by Gasteiger charge is 2.35. The summed E-state index contributed by atoms with van der Waals surface area (Å²) in [5, 5.41) is 9.09. The van der Waals surface area contributed by atoms with Gasteiger partial charge < -0.3 is 5.11 Å². The van der Waals surface area contributed by atoms with E-state index in [0.717, 1.165) is 18.9 Å². The lowest BCUT2D eigenvalue weighted by molar-refractivity contribution is 0.217. The van der Waals surface area contributed by atoms with Gasteiger partial charge in [-0.2, -0.15) is 4.31 Å². The van der Waals surface area contributed by atoms with E-state index in [2.05, 4.69) is 0 Å². The molecule has 0 aliphatic carbocycles. The van der Waals surface area contributed by atoms with E-state index in [4.69, 9.17) is 5.11 Å². The zero-order valence-electron chi connectivity index (χ0n) is 11.7. The highest BCUT2D eigenvalue weighted by atomic mass is 32.2. The number of aliphatic hydroxyl groups is 1. The van der Waals surface area contributed by atoms with Crippen LogP contribution in [0.25, 0.3) is 0 Å². The molecule has 0 saturated carbocycles. The minimum atomic E-state index is -3.86. The smallest absolute Gasteiger partial charge is 0.246 e. The third-order valence-corrected chi connectivity index (χ3v) is 5.82. The number of hydrogen-bond acceptors (Lipinski definition) is 3. The van der Waals surface area contributed by atoms with Gasteiger partial charge >= 0.3 is 0 Å². The molecule has 112 valence electrons. The standard InChI is InChI=1S/C14H20FNO3S/c1-10-3-4-11(2)16(8-10)20(18,19)14-7-12(9-17)5-6-13(14)15/h5-7,10-11,17H,3-4,8-9H2,1-2H3. The number of benzene rings is 1. The third kappa shape index (κ3) is 2.87. The molecule has 1 aliphatic rings. The van der Waals surface area contributed by atoms with Crippen LogP contribution < -0.4 is 0 Å². The molecule has 0 bridgehead atoms. The van der Waals surface area contributed by atoms with E-state index in [1.165, 1.54) is 16.4 Å². The maximum atomic E-state index is 13.9. The number of aliphatic hydroxyl groups excluding tert-OH is 1. The first-order valence-electron chi connectivity index (χ1n) is 6.77. The van der Waals surface area contributed by atoms with Crippen molar-refractivity contribution in [3.05, 3.63) is 29.6 Å². The summed E-state index contributed by atoms with van der Waals surface area (Å²) >= 11 is 0. The molecular weight excluding hydrogens is 281 g/mol. The topological polar surface area (TPSA) is 57.6 Å². The van der Waals surface area contributed by atoms with Crippen molar-refractivity contribution in [1.82, 2.24) is 4.31 Å². The summed E-state index contributed by atoms with van der Waals surface area (Å²) in [5.74, 6) is -0.502. The van der Waals surface area contributed by atoms with Crippen LogP contribution in [0.1, 0.15) is 32.3 Å². The molecule has 0 aromatic heterocycles. The van der Waals surface area contributed by atoms with Gasteiger partial charge in [0.2, 0.25) is 10.0 Å². The van der Waals surface area contributed by atoms with Gasteiger partial charge in [-0.25, -0.2) is 12.8 Å². The molecule has 1 fully saturated rings. The summed E-state index contributed by atoms with van der Waals surface area (Å²) in [4.78, 5) is -0.343. The molecule has 1 heterocycles. The first kappa shape index (κ1) is 15.4. The van der Waals surface area contributed by atoms with Crippen molar-refractivity contribution in [2.75, 3.05) is 6.54 Å². The van der Waals surface area contributed by atoms with Crippen LogP contribution in [0.15, 0.2) is 23.1 Å². The molecule has 1 N–H and O–H groups in total. The second-order valence-electron chi connectivity index (χ2n) is 5.53. The maximum absolute atomic E-state index is 13.9. The highest BCUT2D eigenvalue weighted by Crippen LogP contribution is 2.29. The van der Waals surface area contributed by atoms with Gasteiger partial charge in [-0.3, -0.25) is 0 Å². The number of nitrogens with zero attached hydrogens (tertiary/aromatic N) is 1. The highest BCUT2D eigenvalue weighted by molar-refractivity contribution is 7.89. The van der Waals surface area contributed by atoms with Crippen LogP contribution in [0, 0.1) is 11.7 Å². The quantitative estimate of drug-likeness (QED) is 0.930. The molecule has 2 atom stereocenters. The second kappa shape index (κ2) is 5.79. The van der Waals surface area contributed by atoms with Gasteiger partial charge in [0.1, 0.15) is 10.7 Å². The Morgan fingerprint density at radius 3 is 2.70 bits per heavy atom. The normalized spacial score (nSPS) is 24.8. The summed E-state index contributed by atoms with van der Waals surface area (Å²) < 4.78 is 40.5. The van der Waals surface area contributed by atoms with Crippen LogP contribution in [0.3, 0.4) is 0 Å². The molecule has 1 aromatic carbocycles. The van der Waals surface area contributed by atoms with E-state index in [-0.39, 0.29) is 23.5 Å². The largest absolute Gasteiger partial charge is 0.392 e. The Morgan fingerprint density at radius 2 is 2.05 bits per heavy atom. The van der Waals surface area contributed by atoms with Crippen molar-refractivity contribution in [3.63, 3.8) is 0 Å². The summed E-state index contributed by atoms with van der Waals surface area (Å²) in [7, 11) is -3.86. The zero-order valence-corrected chi connectivity index (χ0v) is 12.5. The zero-order chi connectivity index (χ0) is 14.9. The average molecular weight is 301 g/mol. The number of hydrogen-bond donors (Lipinski definition) is 1. The van der Waals surface area contributed by atoms with Gasteiger partial charge in [0.25, 0.3) is 0 Å². The number of piperidine rings is 1. The maximum Gasteiger partial charge on any atom is 0.246 e. The molecule has 1 aromatic rings. The van der Waals surface area contributed by atoms with Crippen LogP contribution >= 0.6 is 0 Å². The predicted octanol–water partition coefficient (Wildman–Crippen LogP) is 2.13. The van der Waals surface area contributed by atoms with Gasteiger partial charge in [-0.05, 0) is 43.4 Å². The van der Waals surface area contributed by atoms with Crippen LogP contribution in [-0.4, -0.2) is 30.4 Å². The Labute approximate surface area is 119 Å². The second-order valence-corrected chi connectivity index (χ2v) is 7.39. The summed E-state index contributed by atoms with van der Waals surface area (Å²) in [6, 6.07) is 3.57. The van der Waals surface area contributed by atoms with E-state index in [0.29, 0.717) is 12.1 Å². The van der Waals surface area contributed by atoms with Gasteiger partial charge in [0.15, 0.2) is 0 Å². The van der Waals surface area contributed by atoms with Crippen molar-refractivity contribution in [2.24, 2.45) is 5.92 Å². The molecule has 1 saturated heterocycles. The lowest BCUT2D eigenvalue weighted by atomic mass is 9.97. The Hall–Kier alpha value is -0.980. The van der Waals surface area contributed by atoms with Crippen LogP contribution in [-0.2, 0) is 16.6 Å². The van der Waals surface area contributed by atoms with Crippen molar-refractivity contribution in [1.29, 1.82) is 0 Å². The van der Waals surface area contributed by atoms with Crippen molar-refractivity contribution in [2.45, 2.75) is 44.2 Å². The van der Waals surface area contributed by atoms with E-state index in [1.807, 2.05) is 13.8 Å². The summed E-state index contributed by atoms with van der Waals surface area (Å²) in [6.45, 7) is 3.94. The molecule has 2 unspecified atom stereocenters. The molecule has 2 rings (SSSR count). The monoisotopic (exact) mass is 301 g/mol. The Balaban J connectivity index is 2.43. The lowest BCUT2D eigenvalue weighted by Gasteiger charge is -2.35. The number of halogens is 1. The fourth-order valence-electron chi connectivity index (χ4n) is 2.55. The van der Waals surface area contributed by atoms with Crippen LogP contribution in [0.4, 0.5) is 4.39 Å². The molecule has 0 amide bonds. The van der Waals surface area contributed by atoms with Crippen LogP contribution in [0.2, 0.25) is 0 Å². The van der Waals surface area contributed by atoms with Gasteiger partial charge in [-0.15, -0.1) is 0 Å². The molecule has 20 heavy (non-hydrogen) atoms. The van der Waals surface area contributed by atoms with Crippen LogP contribution in [0.5, 0.6) is 0 Å². The Morgan fingerprint density at radius 1 is 1.35 bits per heavy atom. The fourth-order valence-corrected chi connectivity index (χ4v) is 4.45. The molecular formula is C14H20FNO3S. The van der Waals surface area contributed by atoms with Gasteiger partial charge in [0, 0.05) is 12.6 Å². The Kier molecular flexibility index (Phi) is 4.46. The van der Waals surface area contributed by atoms with Gasteiger partial charge in [-0.1, -0.05) is 13.0 Å². The Bertz CT molecular complexity index is 588. The first-order chi connectivity index (χ1) is 9.36. The van der Waals surface area contributed by atoms with E-state index < -0.39 is 15.8 Å². The lowest BCUT2D eigenvalue weighted by Crippen LogP contribution is -2.45. The molecule has 0 spiro atoms. The van der Waals surface area contributed by atoms with Gasteiger partial charge in [0.05, 0.1) is 6.61 Å². The minimum Gasteiger partial charge on any atom is -0.392 e. The fraction of sp³-hybridized carbons (Fsp3) is 0.571. The predicted molar refractivity (Wildman–Crippen MR) is 74.1 cm³/mol. The van der Waals surface area contributed by atoms with Crippen molar-refractivity contribution in [3.8, 4) is 0 Å². The van der Waals surface area contributed by atoms with E-state index >= 15 is 0 Å². The molecule has 0 radical (unpaired) electrons. The SMILES string of the molecule is CC1CCC(C)N(S(=O)(=O)c2cc(CO)ccc2F)C1. The van der Waals surface area contributed by atoms with Crippen molar-refractivity contribution < 1.29 is 17.9 Å². The summed E-state index contributed by atoms with van der Waals surface area (Å²) in [5.41, 5.74) is 0.391. The minimum absolute atomic E-state index is 0.131. The van der Waals surface area contributed by atoms with E-state index in [1.54, 1.807) is 0 Å². The first-order valence-corrected chi connectivity index (χ1v) is 8.21. The van der Waals surface area contributed by atoms with Crippen molar-refractivity contribution >= 4 is 10.0 Å².